The SMILES string of the molecule is CC(C)(C)C1CCC(O)CC1.[H-].[H-].[K+].[K+]. The van der Waals surface area contributed by atoms with E-state index < -0.39 is 0 Å². The van der Waals surface area contributed by atoms with Crippen LogP contribution in [0.2, 0.25) is 0 Å². The molecule has 0 aromatic carbocycles. The average molecular weight is 236 g/mol. The van der Waals surface area contributed by atoms with E-state index >= 15 is 0 Å². The minimum absolute atomic E-state index is 0. The maximum Gasteiger partial charge on any atom is 1.00 e. The van der Waals surface area contributed by atoms with Crippen molar-refractivity contribution in [3.05, 3.63) is 0 Å². The van der Waals surface area contributed by atoms with Crippen LogP contribution in [0.3, 0.4) is 0 Å². The summed E-state index contributed by atoms with van der Waals surface area (Å²) >= 11 is 0. The second-order valence-electron chi connectivity index (χ2n) is 4.87. The van der Waals surface area contributed by atoms with E-state index in [1.54, 1.807) is 0 Å². The Morgan fingerprint density at radius 1 is 1.00 bits per heavy atom. The van der Waals surface area contributed by atoms with Gasteiger partial charge in [0.25, 0.3) is 0 Å². The smallest absolute Gasteiger partial charge is 1.00 e. The summed E-state index contributed by atoms with van der Waals surface area (Å²) in [4.78, 5) is 0. The van der Waals surface area contributed by atoms with E-state index in [0.29, 0.717) is 5.41 Å². The normalized spacial score (nSPS) is 28.6. The molecular formula is C10H22K2O. The Kier molecular flexibility index (Phi) is 11.9. The molecule has 1 nitrogen and oxygen atoms in total. The standard InChI is InChI=1S/C10H20O.2K.2H/c1-10(2,3)8-4-6-9(11)7-5-8;;;;/h8-9,11H,4-7H2,1-3H3;;;;/q;2*+1;2*-1. The molecule has 0 saturated heterocycles. The summed E-state index contributed by atoms with van der Waals surface area (Å²) in [6, 6.07) is 0. The molecule has 0 heterocycles. The molecule has 0 aromatic rings. The fourth-order valence-electron chi connectivity index (χ4n) is 1.94. The minimum Gasteiger partial charge on any atom is -1.00 e. The Labute approximate surface area is 171 Å². The van der Waals surface area contributed by atoms with E-state index in [1.165, 1.54) is 12.8 Å². The fraction of sp³-hybridized carbons (Fsp3) is 1.00. The van der Waals surface area contributed by atoms with Crippen molar-refractivity contribution in [2.24, 2.45) is 11.3 Å². The Bertz CT molecular complexity index is 132. The van der Waals surface area contributed by atoms with Crippen molar-refractivity contribution >= 4 is 0 Å². The van der Waals surface area contributed by atoms with Crippen LogP contribution in [-0.2, 0) is 0 Å². The van der Waals surface area contributed by atoms with Crippen molar-refractivity contribution in [3.63, 3.8) is 0 Å². The van der Waals surface area contributed by atoms with Gasteiger partial charge in [-0.3, -0.25) is 0 Å². The molecule has 13 heavy (non-hydrogen) atoms. The van der Waals surface area contributed by atoms with E-state index in [9.17, 15) is 5.11 Å². The van der Waals surface area contributed by atoms with Crippen LogP contribution in [0.5, 0.6) is 0 Å². The van der Waals surface area contributed by atoms with Gasteiger partial charge < -0.3 is 7.96 Å². The second-order valence-corrected chi connectivity index (χ2v) is 4.87. The molecule has 3 heteroatoms. The molecule has 0 unspecified atom stereocenters. The van der Waals surface area contributed by atoms with Crippen LogP contribution in [0, 0.1) is 11.3 Å². The van der Waals surface area contributed by atoms with E-state index in [2.05, 4.69) is 20.8 Å². The van der Waals surface area contributed by atoms with Crippen molar-refractivity contribution in [2.45, 2.75) is 52.6 Å². The van der Waals surface area contributed by atoms with E-state index in [-0.39, 0.29) is 112 Å². The van der Waals surface area contributed by atoms with E-state index in [0.717, 1.165) is 18.8 Å². The van der Waals surface area contributed by atoms with Gasteiger partial charge in [0, 0.05) is 0 Å². The first kappa shape index (κ1) is 18.6. The van der Waals surface area contributed by atoms with Crippen molar-refractivity contribution in [2.75, 3.05) is 0 Å². The predicted octanol–water partition coefficient (Wildman–Crippen LogP) is -3.18. The Hall–Kier alpha value is 3.23. The zero-order chi connectivity index (χ0) is 8.48. The number of hydrogen-bond acceptors (Lipinski definition) is 1. The first-order chi connectivity index (χ1) is 5.00. The summed E-state index contributed by atoms with van der Waals surface area (Å²) in [5.41, 5.74) is 0.445. The van der Waals surface area contributed by atoms with Gasteiger partial charge in [0.15, 0.2) is 0 Å². The molecule has 70 valence electrons. The number of aliphatic hydroxyl groups excluding tert-OH is 1. The molecule has 0 amide bonds. The van der Waals surface area contributed by atoms with Gasteiger partial charge in [-0.25, -0.2) is 0 Å². The molecule has 1 aliphatic carbocycles. The van der Waals surface area contributed by atoms with E-state index in [1.807, 2.05) is 0 Å². The van der Waals surface area contributed by atoms with Gasteiger partial charge in [-0.2, -0.15) is 0 Å². The van der Waals surface area contributed by atoms with Crippen molar-refractivity contribution < 1.29 is 111 Å². The minimum atomic E-state index is -0.00593. The molecule has 0 bridgehead atoms. The molecule has 0 spiro atoms. The first-order valence-electron chi connectivity index (χ1n) is 4.68. The van der Waals surface area contributed by atoms with E-state index in [4.69, 9.17) is 0 Å². The van der Waals surface area contributed by atoms with Gasteiger partial charge in [0.1, 0.15) is 0 Å². The van der Waals surface area contributed by atoms with Crippen LogP contribution >= 0.6 is 0 Å². The average Bonchev–Trinajstić information content (AvgIpc) is 1.86. The quantitative estimate of drug-likeness (QED) is 0.440. The number of aliphatic hydroxyl groups is 1. The summed E-state index contributed by atoms with van der Waals surface area (Å²) in [7, 11) is 0. The third-order valence-corrected chi connectivity index (χ3v) is 2.92. The summed E-state index contributed by atoms with van der Waals surface area (Å²) in [6.45, 7) is 6.90. The topological polar surface area (TPSA) is 20.2 Å². The van der Waals surface area contributed by atoms with Crippen LogP contribution < -0.4 is 103 Å². The van der Waals surface area contributed by atoms with Crippen LogP contribution in [0.25, 0.3) is 0 Å². The first-order valence-corrected chi connectivity index (χ1v) is 4.68. The van der Waals surface area contributed by atoms with Gasteiger partial charge in [0.2, 0.25) is 0 Å². The van der Waals surface area contributed by atoms with Gasteiger partial charge in [-0.05, 0) is 37.0 Å². The summed E-state index contributed by atoms with van der Waals surface area (Å²) < 4.78 is 0. The molecule has 1 N–H and O–H groups in total. The molecular weight excluding hydrogens is 214 g/mol. The molecule has 1 saturated carbocycles. The Morgan fingerprint density at radius 3 is 1.69 bits per heavy atom. The molecule has 0 atom stereocenters. The summed E-state index contributed by atoms with van der Waals surface area (Å²) in [5.74, 6) is 0.825. The largest absolute Gasteiger partial charge is 1.00 e. The molecule has 1 rings (SSSR count). The summed E-state index contributed by atoms with van der Waals surface area (Å²) in [6.07, 6.45) is 4.45. The molecule has 0 radical (unpaired) electrons. The summed E-state index contributed by atoms with van der Waals surface area (Å²) in [5, 5.41) is 9.29. The van der Waals surface area contributed by atoms with Gasteiger partial charge in [-0.15, -0.1) is 0 Å². The van der Waals surface area contributed by atoms with Gasteiger partial charge >= 0.3 is 103 Å². The monoisotopic (exact) mass is 236 g/mol. The Morgan fingerprint density at radius 2 is 1.38 bits per heavy atom. The van der Waals surface area contributed by atoms with Crippen LogP contribution in [0.1, 0.15) is 49.3 Å². The van der Waals surface area contributed by atoms with Crippen molar-refractivity contribution in [3.8, 4) is 0 Å². The molecule has 0 aromatic heterocycles. The number of hydrogen-bond donors (Lipinski definition) is 1. The predicted molar refractivity (Wildman–Crippen MR) is 49.6 cm³/mol. The fourth-order valence-corrected chi connectivity index (χ4v) is 1.94. The van der Waals surface area contributed by atoms with Crippen LogP contribution in [0.15, 0.2) is 0 Å². The zero-order valence-electron chi connectivity index (χ0n) is 11.9. The zero-order valence-corrected chi connectivity index (χ0v) is 16.2. The third-order valence-electron chi connectivity index (χ3n) is 2.92. The maximum atomic E-state index is 9.29. The Balaban J connectivity index is -0.000000151. The molecule has 1 fully saturated rings. The van der Waals surface area contributed by atoms with Crippen molar-refractivity contribution in [1.82, 2.24) is 0 Å². The molecule has 1 aliphatic rings. The van der Waals surface area contributed by atoms with Gasteiger partial charge in [0.05, 0.1) is 6.10 Å². The van der Waals surface area contributed by atoms with Crippen LogP contribution in [0.4, 0.5) is 0 Å². The van der Waals surface area contributed by atoms with Gasteiger partial charge in [-0.1, -0.05) is 20.8 Å². The second kappa shape index (κ2) is 8.34. The maximum absolute atomic E-state index is 9.29. The molecule has 0 aliphatic heterocycles. The third kappa shape index (κ3) is 7.21. The van der Waals surface area contributed by atoms with Crippen molar-refractivity contribution in [1.29, 1.82) is 0 Å². The van der Waals surface area contributed by atoms with Crippen LogP contribution in [-0.4, -0.2) is 11.2 Å². The number of rotatable bonds is 0.